The number of aliphatic carboxylic acids is 1. The molecule has 0 atom stereocenters. The van der Waals surface area contributed by atoms with E-state index in [1.807, 2.05) is 4.72 Å². The van der Waals surface area contributed by atoms with Crippen LogP contribution in [0, 0.1) is 0 Å². The monoisotopic (exact) mass is 249 g/mol. The first kappa shape index (κ1) is 13.7. The number of amides is 1. The summed E-state index contributed by atoms with van der Waals surface area (Å²) < 4.78 is 54.2. The van der Waals surface area contributed by atoms with Crippen LogP contribution in [0.25, 0.3) is 0 Å². The fourth-order valence-electron chi connectivity index (χ4n) is 0.503. The van der Waals surface area contributed by atoms with Crippen LogP contribution in [0.15, 0.2) is 0 Å². The summed E-state index contributed by atoms with van der Waals surface area (Å²) in [5.74, 6) is -3.20. The third-order valence-electron chi connectivity index (χ3n) is 1.11. The highest BCUT2D eigenvalue weighted by molar-refractivity contribution is 7.90. The van der Waals surface area contributed by atoms with Crippen molar-refractivity contribution in [3.63, 3.8) is 0 Å². The van der Waals surface area contributed by atoms with Gasteiger partial charge >= 0.3 is 12.1 Å². The van der Waals surface area contributed by atoms with Gasteiger partial charge in [0.2, 0.25) is 15.9 Å². The number of carbonyl (C=O) groups excluding carboxylic acids is 1. The fourth-order valence-corrected chi connectivity index (χ4v) is 1.51. The van der Waals surface area contributed by atoms with Crippen LogP contribution < -0.4 is 4.72 Å². The molecule has 10 heteroatoms. The van der Waals surface area contributed by atoms with Crippen LogP contribution in [0.1, 0.15) is 6.42 Å². The van der Waals surface area contributed by atoms with Gasteiger partial charge in [0.25, 0.3) is 0 Å². The van der Waals surface area contributed by atoms with E-state index in [4.69, 9.17) is 9.90 Å². The quantitative estimate of drug-likeness (QED) is 0.601. The van der Waals surface area contributed by atoms with Crippen molar-refractivity contribution in [1.82, 2.24) is 4.72 Å². The Labute approximate surface area is 82.1 Å². The first-order valence-electron chi connectivity index (χ1n) is 3.38. The van der Waals surface area contributed by atoms with Crippen molar-refractivity contribution < 1.29 is 36.3 Å². The lowest BCUT2D eigenvalue weighted by Gasteiger charge is -1.93. The lowest BCUT2D eigenvalue weighted by atomic mass is 10.5. The summed E-state index contributed by atoms with van der Waals surface area (Å²) in [5.41, 5.74) is 0. The number of sulfonamides is 1. The van der Waals surface area contributed by atoms with Crippen LogP contribution in [-0.2, 0) is 19.6 Å². The van der Waals surface area contributed by atoms with Crippen molar-refractivity contribution in [2.45, 2.75) is 12.6 Å². The van der Waals surface area contributed by atoms with Crippen LogP contribution in [0.2, 0.25) is 0 Å². The van der Waals surface area contributed by atoms with Crippen LogP contribution in [0.4, 0.5) is 13.2 Å². The third-order valence-corrected chi connectivity index (χ3v) is 2.39. The Bertz CT molecular complexity index is 359. The van der Waals surface area contributed by atoms with E-state index in [-0.39, 0.29) is 12.2 Å². The van der Waals surface area contributed by atoms with E-state index in [1.165, 1.54) is 0 Å². The summed E-state index contributed by atoms with van der Waals surface area (Å²) in [6.07, 6.45) is -4.97. The van der Waals surface area contributed by atoms with Gasteiger partial charge in [-0.1, -0.05) is 0 Å². The average molecular weight is 249 g/mol. The minimum absolute atomic E-state index is 0.0498. The highest BCUT2D eigenvalue weighted by atomic mass is 32.2. The number of hydrogen-bond acceptors (Lipinski definition) is 4. The zero-order valence-corrected chi connectivity index (χ0v) is 7.85. The SMILES string of the molecule is O=C(O)C(F)(F)F.O=C1CCS(=O)(=O)N1. The molecule has 0 radical (unpaired) electrons. The molecule has 1 fully saturated rings. The molecule has 0 saturated carbocycles. The van der Waals surface area contributed by atoms with E-state index < -0.39 is 28.1 Å². The summed E-state index contributed by atoms with van der Waals surface area (Å²) in [4.78, 5) is 19.1. The van der Waals surface area contributed by atoms with Crippen LogP contribution in [-0.4, -0.2) is 37.3 Å². The molecule has 1 aliphatic heterocycles. The average Bonchev–Trinajstić information content (AvgIpc) is 2.28. The molecule has 1 rings (SSSR count). The highest BCUT2D eigenvalue weighted by Crippen LogP contribution is 2.13. The standard InChI is InChI=1S/C3H5NO3S.C2HF3O2/c5-3-1-2-8(6,7)4-3;3-2(4,5)1(6)7/h1-2H2,(H,4,5);(H,6,7). The molecule has 1 heterocycles. The van der Waals surface area contributed by atoms with E-state index in [0.29, 0.717) is 0 Å². The Morgan fingerprint density at radius 3 is 1.87 bits per heavy atom. The first-order chi connectivity index (χ1) is 6.54. The van der Waals surface area contributed by atoms with Gasteiger partial charge in [-0.15, -0.1) is 0 Å². The normalized spacial score (nSPS) is 18.7. The van der Waals surface area contributed by atoms with Crippen LogP contribution >= 0.6 is 0 Å². The molecule has 15 heavy (non-hydrogen) atoms. The zero-order chi connectivity index (χ0) is 12.3. The summed E-state index contributed by atoms with van der Waals surface area (Å²) in [6, 6.07) is 0. The molecule has 0 bridgehead atoms. The Kier molecular flexibility index (Phi) is 4.07. The van der Waals surface area contributed by atoms with Gasteiger partial charge in [-0.2, -0.15) is 13.2 Å². The van der Waals surface area contributed by atoms with E-state index in [2.05, 4.69) is 0 Å². The first-order valence-corrected chi connectivity index (χ1v) is 5.03. The maximum absolute atomic E-state index is 10.6. The van der Waals surface area contributed by atoms with E-state index in [0.717, 1.165) is 0 Å². The van der Waals surface area contributed by atoms with Gasteiger partial charge < -0.3 is 5.11 Å². The second kappa shape index (κ2) is 4.47. The van der Waals surface area contributed by atoms with Crippen molar-refractivity contribution in [1.29, 1.82) is 0 Å². The molecule has 0 aromatic heterocycles. The summed E-state index contributed by atoms with van der Waals surface area (Å²) in [6.45, 7) is 0. The van der Waals surface area contributed by atoms with Crippen molar-refractivity contribution in [2.24, 2.45) is 0 Å². The maximum Gasteiger partial charge on any atom is 0.490 e. The molecule has 0 unspecified atom stereocenters. The number of hydrogen-bond donors (Lipinski definition) is 2. The van der Waals surface area contributed by atoms with Gasteiger partial charge in [0, 0.05) is 6.42 Å². The largest absolute Gasteiger partial charge is 0.490 e. The van der Waals surface area contributed by atoms with Crippen LogP contribution in [0.3, 0.4) is 0 Å². The lowest BCUT2D eigenvalue weighted by molar-refractivity contribution is -0.192. The maximum atomic E-state index is 10.6. The molecule has 1 aliphatic rings. The number of halogens is 3. The Balaban J connectivity index is 0.000000265. The van der Waals surface area contributed by atoms with E-state index >= 15 is 0 Å². The minimum atomic E-state index is -5.08. The Morgan fingerprint density at radius 2 is 1.80 bits per heavy atom. The third kappa shape index (κ3) is 5.88. The van der Waals surface area contributed by atoms with Gasteiger partial charge in [-0.05, 0) is 0 Å². The molecular weight excluding hydrogens is 243 g/mol. The molecular formula is C5H6F3NO5S. The molecule has 6 nitrogen and oxygen atoms in total. The lowest BCUT2D eigenvalue weighted by Crippen LogP contribution is -2.21. The van der Waals surface area contributed by atoms with Gasteiger partial charge in [0.15, 0.2) is 0 Å². The number of rotatable bonds is 0. The summed E-state index contributed by atoms with van der Waals surface area (Å²) in [5, 5.41) is 7.12. The molecule has 0 aliphatic carbocycles. The number of carboxylic acid groups (broad SMARTS) is 1. The topological polar surface area (TPSA) is 101 Å². The molecule has 0 spiro atoms. The second-order valence-corrected chi connectivity index (χ2v) is 4.24. The predicted molar refractivity (Wildman–Crippen MR) is 40.2 cm³/mol. The molecule has 1 saturated heterocycles. The molecule has 0 aromatic carbocycles. The van der Waals surface area contributed by atoms with E-state index in [1.54, 1.807) is 0 Å². The van der Waals surface area contributed by atoms with Crippen LogP contribution in [0.5, 0.6) is 0 Å². The predicted octanol–water partition coefficient (Wildman–Crippen LogP) is -0.531. The van der Waals surface area contributed by atoms with E-state index in [9.17, 15) is 26.4 Å². The Hall–Kier alpha value is -1.32. The summed E-state index contributed by atoms with van der Waals surface area (Å²) in [7, 11) is -3.20. The fraction of sp³-hybridized carbons (Fsp3) is 0.600. The van der Waals surface area contributed by atoms with Gasteiger partial charge in [-0.25, -0.2) is 13.2 Å². The van der Waals surface area contributed by atoms with Gasteiger partial charge in [0.05, 0.1) is 5.75 Å². The number of nitrogens with one attached hydrogen (secondary N) is 1. The molecule has 1 amide bonds. The van der Waals surface area contributed by atoms with Gasteiger partial charge in [-0.3, -0.25) is 9.52 Å². The highest BCUT2D eigenvalue weighted by Gasteiger charge is 2.38. The summed E-state index contributed by atoms with van der Waals surface area (Å²) >= 11 is 0. The number of alkyl halides is 3. The number of carbonyl (C=O) groups is 2. The molecule has 88 valence electrons. The minimum Gasteiger partial charge on any atom is -0.475 e. The zero-order valence-electron chi connectivity index (χ0n) is 7.04. The van der Waals surface area contributed by atoms with Crippen molar-refractivity contribution in [3.05, 3.63) is 0 Å². The number of carboxylic acids is 1. The van der Waals surface area contributed by atoms with Crippen molar-refractivity contribution in [2.75, 3.05) is 5.75 Å². The Morgan fingerprint density at radius 1 is 1.40 bits per heavy atom. The van der Waals surface area contributed by atoms with Crippen molar-refractivity contribution in [3.8, 4) is 0 Å². The van der Waals surface area contributed by atoms with Crippen molar-refractivity contribution >= 4 is 21.9 Å². The smallest absolute Gasteiger partial charge is 0.475 e. The van der Waals surface area contributed by atoms with Gasteiger partial charge in [0.1, 0.15) is 0 Å². The molecule has 2 N–H and O–H groups in total. The molecule has 0 aromatic rings. The second-order valence-electron chi connectivity index (χ2n) is 2.40.